The Morgan fingerprint density at radius 3 is 2.46 bits per heavy atom. The van der Waals surface area contributed by atoms with Crippen LogP contribution >= 0.6 is 0 Å². The van der Waals surface area contributed by atoms with Crippen LogP contribution in [0.15, 0.2) is 24.8 Å². The van der Waals surface area contributed by atoms with Crippen molar-refractivity contribution >= 4 is 17.5 Å². The van der Waals surface area contributed by atoms with Crippen LogP contribution in [0.4, 0.5) is 24.8 Å². The lowest BCUT2D eigenvalue weighted by atomic mass is 9.70. The second-order valence-electron chi connectivity index (χ2n) is 13.1. The molecule has 3 unspecified atom stereocenters. The van der Waals surface area contributed by atoms with Crippen molar-refractivity contribution in [2.45, 2.75) is 69.9 Å². The lowest BCUT2D eigenvalue weighted by Gasteiger charge is -2.40. The smallest absolute Gasteiger partial charge is 0.433 e. The van der Waals surface area contributed by atoms with E-state index in [1.807, 2.05) is 0 Å². The Bertz CT molecular complexity index is 1610. The second kappa shape index (κ2) is 11.9. The zero-order chi connectivity index (χ0) is 32.1. The Morgan fingerprint density at radius 2 is 1.74 bits per heavy atom. The van der Waals surface area contributed by atoms with Gasteiger partial charge in [0.1, 0.15) is 23.9 Å². The Hall–Kier alpha value is -4.10. The molecule has 11 nitrogen and oxygen atoms in total. The Labute approximate surface area is 265 Å². The fourth-order valence-corrected chi connectivity index (χ4v) is 7.74. The molecule has 0 spiro atoms. The second-order valence-corrected chi connectivity index (χ2v) is 13.1. The summed E-state index contributed by atoms with van der Waals surface area (Å²) in [4.78, 5) is 42.3. The number of ether oxygens (including phenoxy) is 1. The largest absolute Gasteiger partial charge is 0.480 e. The van der Waals surface area contributed by atoms with Gasteiger partial charge in [-0.25, -0.2) is 24.9 Å². The SMILES string of the molecule is COc1ncnc(C2CC2)c1-c1ncnc(NCC23CCC(C2)C(c2nc(C(F)(F)F)ccc2N2CCN(C(C)=O)CC2)CC3)n1. The minimum Gasteiger partial charge on any atom is -0.480 e. The third kappa shape index (κ3) is 5.93. The average molecular weight is 638 g/mol. The molecule has 4 aliphatic rings. The number of amides is 1. The van der Waals surface area contributed by atoms with Crippen molar-refractivity contribution in [3.05, 3.63) is 41.9 Å². The van der Waals surface area contributed by atoms with Crippen LogP contribution in [0.2, 0.25) is 0 Å². The number of alkyl halides is 3. The van der Waals surface area contributed by atoms with Crippen LogP contribution in [-0.2, 0) is 11.0 Å². The Morgan fingerprint density at radius 1 is 0.978 bits per heavy atom. The Balaban J connectivity index is 1.08. The maximum Gasteiger partial charge on any atom is 0.433 e. The third-order valence-corrected chi connectivity index (χ3v) is 10.3. The van der Waals surface area contributed by atoms with E-state index in [1.165, 1.54) is 12.7 Å². The van der Waals surface area contributed by atoms with Crippen LogP contribution in [0.5, 0.6) is 5.88 Å². The molecule has 0 aromatic carbocycles. The molecular weight excluding hydrogens is 599 g/mol. The summed E-state index contributed by atoms with van der Waals surface area (Å²) in [7, 11) is 1.57. The van der Waals surface area contributed by atoms with E-state index in [9.17, 15) is 18.0 Å². The van der Waals surface area contributed by atoms with Crippen molar-refractivity contribution in [2.24, 2.45) is 11.3 Å². The van der Waals surface area contributed by atoms with Crippen molar-refractivity contribution in [3.63, 3.8) is 0 Å². The number of pyridine rings is 1. The maximum atomic E-state index is 13.8. The minimum atomic E-state index is -4.52. The van der Waals surface area contributed by atoms with Gasteiger partial charge in [-0.05, 0) is 68.4 Å². The molecular formula is C32H38F3N9O2. The zero-order valence-electron chi connectivity index (χ0n) is 26.1. The molecule has 3 saturated carbocycles. The van der Waals surface area contributed by atoms with Gasteiger partial charge in [0, 0.05) is 51.5 Å². The van der Waals surface area contributed by atoms with Crippen molar-refractivity contribution < 1.29 is 22.7 Å². The molecule has 4 heterocycles. The lowest BCUT2D eigenvalue weighted by molar-refractivity contribution is -0.141. The van der Waals surface area contributed by atoms with Crippen molar-refractivity contribution in [1.82, 2.24) is 34.8 Å². The van der Waals surface area contributed by atoms with Gasteiger partial charge in [-0.1, -0.05) is 0 Å². The molecule has 14 heteroatoms. The number of hydrogen-bond acceptors (Lipinski definition) is 10. The van der Waals surface area contributed by atoms with Crippen LogP contribution in [0, 0.1) is 11.3 Å². The highest BCUT2D eigenvalue weighted by atomic mass is 19.4. The van der Waals surface area contributed by atoms with Crippen molar-refractivity contribution in [3.8, 4) is 17.3 Å². The number of aromatic nitrogens is 6. The number of nitrogens with one attached hydrogen (secondary N) is 1. The number of halogens is 3. The molecule has 3 aromatic rings. The Kier molecular flexibility index (Phi) is 7.92. The summed E-state index contributed by atoms with van der Waals surface area (Å²) < 4.78 is 47.1. The summed E-state index contributed by atoms with van der Waals surface area (Å²) in [6.45, 7) is 4.44. The zero-order valence-corrected chi connectivity index (χ0v) is 26.1. The van der Waals surface area contributed by atoms with Crippen LogP contribution in [-0.4, -0.2) is 80.5 Å². The average Bonchev–Trinajstić information content (AvgIpc) is 3.86. The van der Waals surface area contributed by atoms with Crippen LogP contribution in [0.25, 0.3) is 11.4 Å². The van der Waals surface area contributed by atoms with E-state index in [0.29, 0.717) is 67.6 Å². The fraction of sp³-hybridized carbons (Fsp3) is 0.594. The van der Waals surface area contributed by atoms with Gasteiger partial charge in [0.15, 0.2) is 5.82 Å². The van der Waals surface area contributed by atoms with E-state index >= 15 is 0 Å². The van der Waals surface area contributed by atoms with Crippen LogP contribution in [0.3, 0.4) is 0 Å². The van der Waals surface area contributed by atoms with E-state index in [1.54, 1.807) is 25.0 Å². The van der Waals surface area contributed by atoms with Gasteiger partial charge >= 0.3 is 6.18 Å². The number of carbonyl (C=O) groups is 1. The minimum absolute atomic E-state index is 0.00437. The van der Waals surface area contributed by atoms with Gasteiger partial charge in [-0.3, -0.25) is 4.79 Å². The highest BCUT2D eigenvalue weighted by Gasteiger charge is 2.48. The van der Waals surface area contributed by atoms with E-state index in [4.69, 9.17) is 9.72 Å². The summed E-state index contributed by atoms with van der Waals surface area (Å²) in [5, 5.41) is 3.46. The van der Waals surface area contributed by atoms with Gasteiger partial charge < -0.3 is 19.9 Å². The lowest BCUT2D eigenvalue weighted by Crippen LogP contribution is -2.48. The van der Waals surface area contributed by atoms with Gasteiger partial charge in [-0.2, -0.15) is 18.2 Å². The number of methoxy groups -OCH3 is 1. The molecule has 1 aliphatic heterocycles. The molecule has 3 atom stereocenters. The molecule has 1 saturated heterocycles. The normalized spacial score (nSPS) is 24.6. The quantitative estimate of drug-likeness (QED) is 0.358. The first-order chi connectivity index (χ1) is 22.1. The number of piperazine rings is 1. The summed E-state index contributed by atoms with van der Waals surface area (Å²) in [6, 6.07) is 2.68. The molecule has 244 valence electrons. The van der Waals surface area contributed by atoms with Crippen molar-refractivity contribution in [1.29, 1.82) is 0 Å². The molecule has 3 aromatic heterocycles. The van der Waals surface area contributed by atoms with Crippen LogP contribution < -0.4 is 15.0 Å². The van der Waals surface area contributed by atoms with E-state index in [0.717, 1.165) is 62.4 Å². The molecule has 1 N–H and O–H groups in total. The number of carbonyl (C=O) groups excluding carboxylic acids is 1. The van der Waals surface area contributed by atoms with Gasteiger partial charge in [0.25, 0.3) is 0 Å². The standard InChI is InChI=1S/C32H38F3N9O2/c1-19(45)43-11-13-44(14-12-43)23-5-6-24(32(33,34)35)41-27(23)22-8-10-31(9-7-21(22)15-31)16-36-30-40-18-38-28(42-30)25-26(20-3-4-20)37-17-39-29(25)46-2/h5-6,17-18,20-22H,3-4,7-16H2,1-2H3,(H,36,38,40,42). The number of hydrogen-bond donors (Lipinski definition) is 1. The van der Waals surface area contributed by atoms with Gasteiger partial charge in [-0.15, -0.1) is 0 Å². The first kappa shape index (κ1) is 30.5. The number of nitrogens with zero attached hydrogens (tertiary/aromatic N) is 8. The summed E-state index contributed by atoms with van der Waals surface area (Å²) in [6.07, 6.45) is 5.00. The first-order valence-corrected chi connectivity index (χ1v) is 16.0. The first-order valence-electron chi connectivity index (χ1n) is 16.0. The maximum absolute atomic E-state index is 13.8. The van der Waals surface area contributed by atoms with E-state index in [2.05, 4.69) is 35.1 Å². The predicted molar refractivity (Wildman–Crippen MR) is 163 cm³/mol. The van der Waals surface area contributed by atoms with Gasteiger partial charge in [0.05, 0.1) is 24.2 Å². The highest BCUT2D eigenvalue weighted by Crippen LogP contribution is 2.57. The molecule has 4 fully saturated rings. The topological polar surface area (TPSA) is 122 Å². The van der Waals surface area contributed by atoms with E-state index in [-0.39, 0.29) is 23.2 Å². The summed E-state index contributed by atoms with van der Waals surface area (Å²) in [5.41, 5.74) is 2.05. The van der Waals surface area contributed by atoms with Crippen molar-refractivity contribution in [2.75, 3.05) is 50.1 Å². The van der Waals surface area contributed by atoms with Crippen LogP contribution in [0.1, 0.15) is 80.8 Å². The molecule has 0 radical (unpaired) electrons. The predicted octanol–water partition coefficient (Wildman–Crippen LogP) is 5.07. The molecule has 1 amide bonds. The third-order valence-electron chi connectivity index (χ3n) is 10.3. The summed E-state index contributed by atoms with van der Waals surface area (Å²) in [5.74, 6) is 1.89. The van der Waals surface area contributed by atoms with Gasteiger partial charge in [0.2, 0.25) is 17.7 Å². The number of anilines is 2. The molecule has 7 rings (SSSR count). The molecule has 2 bridgehead atoms. The number of fused-ring (bicyclic) bond motifs is 2. The monoisotopic (exact) mass is 637 g/mol. The summed E-state index contributed by atoms with van der Waals surface area (Å²) >= 11 is 0. The number of rotatable bonds is 8. The fourth-order valence-electron chi connectivity index (χ4n) is 7.74. The highest BCUT2D eigenvalue weighted by molar-refractivity contribution is 5.73. The molecule has 3 aliphatic carbocycles. The van der Waals surface area contributed by atoms with E-state index < -0.39 is 11.9 Å². The molecule has 46 heavy (non-hydrogen) atoms.